The number of benzene rings is 2. The van der Waals surface area contributed by atoms with Gasteiger partial charge < -0.3 is 45.7 Å². The number of nitrogen functional groups attached to an aromatic ring is 2. The SMILES string of the molecule is CC(C)(C)OC(=O)N1CCCC(c2cc(-c3ccccc3O)nc(N)c2C=O)C1.COCc1c(C2CCCN(C(=O)OC(C)(C)C)C2)cc(-c2ccccc2O)nc1N. The number of carbonyl (C=O) groups excluding carboxylic acids is 3. The summed E-state index contributed by atoms with van der Waals surface area (Å²) in [4.78, 5) is 49.1. The van der Waals surface area contributed by atoms with E-state index in [2.05, 4.69) is 9.97 Å². The van der Waals surface area contributed by atoms with Crippen molar-refractivity contribution in [2.45, 2.75) is 96.9 Å². The molecule has 2 amide bonds. The summed E-state index contributed by atoms with van der Waals surface area (Å²) in [5.41, 5.74) is 16.4. The molecule has 4 heterocycles. The summed E-state index contributed by atoms with van der Waals surface area (Å²) in [6.45, 7) is 13.7. The second-order valence-electron chi connectivity index (χ2n) is 17.0. The minimum absolute atomic E-state index is 0.0753. The topological polar surface area (TPSA) is 204 Å². The number of likely N-dealkylation sites (tertiary alicyclic amines) is 2. The summed E-state index contributed by atoms with van der Waals surface area (Å²) < 4.78 is 16.4. The maximum atomic E-state index is 12.6. The van der Waals surface area contributed by atoms with Crippen LogP contribution in [0.3, 0.4) is 0 Å². The van der Waals surface area contributed by atoms with E-state index in [0.717, 1.165) is 42.4 Å². The predicted molar refractivity (Wildman–Crippen MR) is 227 cm³/mol. The molecule has 0 saturated carbocycles. The Morgan fingerprint density at radius 3 is 1.63 bits per heavy atom. The van der Waals surface area contributed by atoms with E-state index in [1.54, 1.807) is 59.4 Å². The van der Waals surface area contributed by atoms with Crippen LogP contribution in [0.4, 0.5) is 21.2 Å². The number of ether oxygens (including phenoxy) is 3. The summed E-state index contributed by atoms with van der Waals surface area (Å²) in [6, 6.07) is 17.6. The maximum Gasteiger partial charge on any atom is 0.410 e. The van der Waals surface area contributed by atoms with Crippen LogP contribution in [0, 0.1) is 0 Å². The molecule has 0 aliphatic carbocycles. The zero-order chi connectivity index (χ0) is 43.1. The number of pyridine rings is 2. The number of aromatic hydroxyl groups is 2. The molecule has 2 saturated heterocycles. The second kappa shape index (κ2) is 18.8. The lowest BCUT2D eigenvalue weighted by Crippen LogP contribution is -2.42. The maximum absolute atomic E-state index is 12.6. The number of aldehydes is 1. The average molecular weight is 811 g/mol. The van der Waals surface area contributed by atoms with Gasteiger partial charge in [0, 0.05) is 61.8 Å². The van der Waals surface area contributed by atoms with E-state index in [0.29, 0.717) is 73.0 Å². The van der Waals surface area contributed by atoms with Crippen molar-refractivity contribution in [1.29, 1.82) is 0 Å². The zero-order valence-electron chi connectivity index (χ0n) is 35.2. The van der Waals surface area contributed by atoms with Crippen molar-refractivity contribution in [3.63, 3.8) is 0 Å². The van der Waals surface area contributed by atoms with Gasteiger partial charge in [-0.1, -0.05) is 24.3 Å². The van der Waals surface area contributed by atoms with Gasteiger partial charge in [0.05, 0.1) is 23.6 Å². The van der Waals surface area contributed by atoms with E-state index in [1.165, 1.54) is 0 Å². The highest BCUT2D eigenvalue weighted by atomic mass is 16.6. The van der Waals surface area contributed by atoms with E-state index in [-0.39, 0.29) is 41.3 Å². The molecular weight excluding hydrogens is 753 g/mol. The number of hydrogen-bond donors (Lipinski definition) is 4. The fraction of sp³-hybridized carbons (Fsp3) is 0.444. The first-order valence-corrected chi connectivity index (χ1v) is 20.0. The Balaban J connectivity index is 0.000000224. The van der Waals surface area contributed by atoms with Gasteiger partial charge in [0.25, 0.3) is 0 Å². The minimum Gasteiger partial charge on any atom is -0.507 e. The molecule has 2 aliphatic heterocycles. The molecule has 0 spiro atoms. The molecule has 59 heavy (non-hydrogen) atoms. The van der Waals surface area contributed by atoms with Crippen LogP contribution in [0.15, 0.2) is 60.7 Å². The first-order valence-electron chi connectivity index (χ1n) is 20.0. The zero-order valence-corrected chi connectivity index (χ0v) is 35.2. The highest BCUT2D eigenvalue weighted by molar-refractivity contribution is 5.86. The molecule has 6 rings (SSSR count). The molecule has 2 fully saturated rings. The van der Waals surface area contributed by atoms with Crippen LogP contribution in [0.2, 0.25) is 0 Å². The van der Waals surface area contributed by atoms with Crippen LogP contribution < -0.4 is 11.5 Å². The van der Waals surface area contributed by atoms with Gasteiger partial charge in [-0.15, -0.1) is 0 Å². The summed E-state index contributed by atoms with van der Waals surface area (Å²) in [7, 11) is 1.62. The molecular formula is C45H58N6O8. The Bertz CT molecular complexity index is 2130. The number of rotatable bonds is 7. The lowest BCUT2D eigenvalue weighted by molar-refractivity contribution is 0.0188. The predicted octanol–water partition coefficient (Wildman–Crippen LogP) is 8.26. The molecule has 2 aromatic heterocycles. The van der Waals surface area contributed by atoms with Crippen molar-refractivity contribution < 1.29 is 38.8 Å². The summed E-state index contributed by atoms with van der Waals surface area (Å²) in [5.74, 6) is 0.724. The van der Waals surface area contributed by atoms with Gasteiger partial charge in [-0.3, -0.25) is 4.79 Å². The Morgan fingerprint density at radius 1 is 0.746 bits per heavy atom. The number of aromatic nitrogens is 2. The van der Waals surface area contributed by atoms with Crippen LogP contribution in [0.1, 0.15) is 106 Å². The number of nitrogens with two attached hydrogens (primary N) is 2. The Hall–Kier alpha value is -5.89. The van der Waals surface area contributed by atoms with Crippen LogP contribution in [0.5, 0.6) is 11.5 Å². The molecule has 0 bridgehead atoms. The van der Waals surface area contributed by atoms with Crippen LogP contribution in [-0.4, -0.2) is 92.9 Å². The molecule has 6 N–H and O–H groups in total. The summed E-state index contributed by atoms with van der Waals surface area (Å²) >= 11 is 0. The largest absolute Gasteiger partial charge is 0.507 e. The molecule has 2 atom stereocenters. The van der Waals surface area contributed by atoms with E-state index < -0.39 is 11.2 Å². The van der Waals surface area contributed by atoms with Crippen molar-refractivity contribution in [2.24, 2.45) is 0 Å². The normalized spacial score (nSPS) is 17.1. The number of nitrogens with zero attached hydrogens (tertiary/aromatic N) is 4. The molecule has 2 aromatic carbocycles. The highest BCUT2D eigenvalue weighted by Gasteiger charge is 2.32. The van der Waals surface area contributed by atoms with Gasteiger partial charge in [0.15, 0.2) is 6.29 Å². The monoisotopic (exact) mass is 810 g/mol. The second-order valence-corrected chi connectivity index (χ2v) is 17.0. The number of methoxy groups -OCH3 is 1. The molecule has 2 unspecified atom stereocenters. The summed E-state index contributed by atoms with van der Waals surface area (Å²) in [6.07, 6.45) is 3.42. The molecule has 14 heteroatoms. The lowest BCUT2D eigenvalue weighted by atomic mass is 9.87. The van der Waals surface area contributed by atoms with Crippen LogP contribution in [0.25, 0.3) is 22.5 Å². The highest BCUT2D eigenvalue weighted by Crippen LogP contribution is 2.38. The third-order valence-corrected chi connectivity index (χ3v) is 10.1. The van der Waals surface area contributed by atoms with Crippen molar-refractivity contribution >= 4 is 30.1 Å². The van der Waals surface area contributed by atoms with E-state index in [9.17, 15) is 24.6 Å². The number of hydrogen-bond acceptors (Lipinski definition) is 12. The third-order valence-electron chi connectivity index (χ3n) is 10.1. The van der Waals surface area contributed by atoms with Crippen LogP contribution >= 0.6 is 0 Å². The van der Waals surface area contributed by atoms with Crippen molar-refractivity contribution in [1.82, 2.24) is 19.8 Å². The molecule has 4 aromatic rings. The Kier molecular flexibility index (Phi) is 14.1. The van der Waals surface area contributed by atoms with Gasteiger partial charge in [-0.2, -0.15) is 0 Å². The quantitative estimate of drug-likeness (QED) is 0.130. The van der Waals surface area contributed by atoms with Gasteiger partial charge in [-0.25, -0.2) is 19.6 Å². The Labute approximate surface area is 346 Å². The summed E-state index contributed by atoms with van der Waals surface area (Å²) in [5, 5.41) is 20.5. The van der Waals surface area contributed by atoms with Gasteiger partial charge in [-0.05, 0) is 115 Å². The number of para-hydroxylation sites is 2. The van der Waals surface area contributed by atoms with Gasteiger partial charge in [0.2, 0.25) is 0 Å². The lowest BCUT2D eigenvalue weighted by Gasteiger charge is -2.35. The van der Waals surface area contributed by atoms with Crippen molar-refractivity contribution in [3.8, 4) is 34.0 Å². The Morgan fingerprint density at radius 2 is 1.19 bits per heavy atom. The first kappa shape index (κ1) is 44.2. The van der Waals surface area contributed by atoms with Crippen molar-refractivity contribution in [3.05, 3.63) is 82.9 Å². The molecule has 0 radical (unpaired) electrons. The first-order chi connectivity index (χ1) is 27.9. The fourth-order valence-corrected chi connectivity index (χ4v) is 7.44. The van der Waals surface area contributed by atoms with Crippen LogP contribution in [-0.2, 0) is 20.8 Å². The molecule has 2 aliphatic rings. The number of phenolic OH excluding ortho intramolecular Hbond substituents is 2. The van der Waals surface area contributed by atoms with E-state index in [1.807, 2.05) is 59.7 Å². The van der Waals surface area contributed by atoms with Gasteiger partial charge in [0.1, 0.15) is 34.3 Å². The number of phenols is 2. The molecule has 14 nitrogen and oxygen atoms in total. The van der Waals surface area contributed by atoms with E-state index >= 15 is 0 Å². The smallest absolute Gasteiger partial charge is 0.410 e. The van der Waals surface area contributed by atoms with E-state index in [4.69, 9.17) is 25.7 Å². The fourth-order valence-electron chi connectivity index (χ4n) is 7.44. The average Bonchev–Trinajstić information content (AvgIpc) is 3.18. The number of piperidine rings is 2. The number of carbonyl (C=O) groups is 3. The number of amides is 2. The minimum atomic E-state index is -0.572. The van der Waals surface area contributed by atoms with Gasteiger partial charge >= 0.3 is 12.2 Å². The van der Waals surface area contributed by atoms with Crippen molar-refractivity contribution in [2.75, 3.05) is 44.8 Å². The standard InChI is InChI=1S/C23H31N3O4.C22H27N3O4/c1-23(2,3)30-22(28)26-11-7-8-15(13-26)17-12-19(16-9-5-6-10-20(16)27)25-21(24)18(17)14-29-4;1-22(2,3)29-21(28)25-10-6-7-14(12-25)16-11-18(24-20(23)17(16)13-26)15-8-4-5-9-19(15)27/h5-6,9-10,12,15,27H,7-8,11,13-14H2,1-4H3,(H2,24,25);4-5,8-9,11,13-14,27H,6-7,10,12H2,1-3H3,(H2,23,24). The number of anilines is 2. The third kappa shape index (κ3) is 11.4. The molecule has 316 valence electrons.